The first kappa shape index (κ1) is 42.4. The van der Waals surface area contributed by atoms with Crippen molar-refractivity contribution in [2.45, 2.75) is 186 Å². The van der Waals surface area contributed by atoms with Gasteiger partial charge in [-0.3, -0.25) is 0 Å². The average Bonchev–Trinajstić information content (AvgIpc) is 3.38. The third kappa shape index (κ3) is 15.4. The van der Waals surface area contributed by atoms with Crippen LogP contribution in [0.1, 0.15) is 186 Å². The summed E-state index contributed by atoms with van der Waals surface area (Å²) in [5.74, 6) is 0. The number of aryl methyl sites for hydroxylation is 2. The molecule has 0 N–H and O–H groups in total. The van der Waals surface area contributed by atoms with E-state index in [1.165, 1.54) is 141 Å². The molecule has 1 aliphatic rings. The molecule has 272 valence electrons. The molecule has 2 nitrogen and oxygen atoms in total. The van der Waals surface area contributed by atoms with Gasteiger partial charge in [0.05, 0.1) is 0 Å². The summed E-state index contributed by atoms with van der Waals surface area (Å²) in [4.78, 5) is 3.01. The molecule has 0 saturated carbocycles. The second-order valence-electron chi connectivity index (χ2n) is 13.7. The van der Waals surface area contributed by atoms with Crippen LogP contribution in [0, 0.1) is 0 Å². The van der Waals surface area contributed by atoms with Crippen LogP contribution in [0.15, 0.2) is 59.7 Å². The van der Waals surface area contributed by atoms with E-state index in [4.69, 9.17) is 0 Å². The SMILES string of the molecule is CCCCCCCCC1=C(c2cccc(CCCC)c2)[N+](=[N-])C(c2ccc(CCCC)cc2)=C1CCCCC.CCC[CH2][Pd][CH2]CCC. The van der Waals surface area contributed by atoms with Gasteiger partial charge in [-0.25, -0.2) is 4.70 Å². The zero-order valence-electron chi connectivity index (χ0n) is 32.1. The Hall–Kier alpha value is -1.82. The molecule has 0 spiro atoms. The fraction of sp³-hybridized carbons (Fsp3) is 0.644. The third-order valence-electron chi connectivity index (χ3n) is 9.39. The minimum absolute atomic E-state index is 1.02. The van der Waals surface area contributed by atoms with Crippen molar-refractivity contribution in [2.75, 3.05) is 0 Å². The Morgan fingerprint density at radius 1 is 0.458 bits per heavy atom. The van der Waals surface area contributed by atoms with E-state index in [1.54, 1.807) is 4.70 Å². The maximum atomic E-state index is 11.9. The van der Waals surface area contributed by atoms with Crippen molar-refractivity contribution in [1.82, 2.24) is 0 Å². The Morgan fingerprint density at radius 3 is 1.52 bits per heavy atom. The summed E-state index contributed by atoms with van der Waals surface area (Å²) in [6, 6.07) is 18.0. The van der Waals surface area contributed by atoms with Crippen LogP contribution in [-0.4, -0.2) is 4.70 Å². The zero-order valence-corrected chi connectivity index (χ0v) is 33.6. The van der Waals surface area contributed by atoms with Gasteiger partial charge in [0, 0.05) is 22.3 Å². The van der Waals surface area contributed by atoms with E-state index in [9.17, 15) is 5.53 Å². The molecule has 0 bridgehead atoms. The van der Waals surface area contributed by atoms with Gasteiger partial charge in [-0.05, 0) is 86.8 Å². The predicted molar refractivity (Wildman–Crippen MR) is 209 cm³/mol. The molecule has 0 aliphatic carbocycles. The molecular formula is C45H72N2Pd. The van der Waals surface area contributed by atoms with Gasteiger partial charge in [0.15, 0.2) is 0 Å². The normalized spacial score (nSPS) is 13.1. The van der Waals surface area contributed by atoms with Crippen molar-refractivity contribution >= 4 is 11.4 Å². The van der Waals surface area contributed by atoms with E-state index in [0.29, 0.717) is 0 Å². The maximum absolute atomic E-state index is 11.9. The zero-order chi connectivity index (χ0) is 34.8. The fourth-order valence-corrected chi connectivity index (χ4v) is 8.61. The summed E-state index contributed by atoms with van der Waals surface area (Å²) in [6.45, 7) is 13.6. The Labute approximate surface area is 306 Å². The standard InChI is InChI=1S/C37H54N2.2C4H9.Pd/c1-5-9-13-14-15-17-24-35-34(23-16-10-6-2)36(32-27-25-30(26-28-32)19-11-7-3)39(38)37(35)33-22-18-21-31(29-33)20-12-8-4;2*1-3-4-2;/h18,21-22,25-29H,5-17,19-20,23-24H2,1-4H3;2*1,3-4H2,2H3;. The summed E-state index contributed by atoms with van der Waals surface area (Å²) in [7, 11) is 0. The molecule has 0 saturated heterocycles. The van der Waals surface area contributed by atoms with E-state index < -0.39 is 0 Å². The first-order valence-electron chi connectivity index (χ1n) is 20.1. The molecule has 0 atom stereocenters. The molecule has 3 heteroatoms. The number of benzene rings is 2. The summed E-state index contributed by atoms with van der Waals surface area (Å²) in [5, 5.41) is 0. The van der Waals surface area contributed by atoms with Crippen LogP contribution in [0.4, 0.5) is 0 Å². The van der Waals surface area contributed by atoms with Crippen molar-refractivity contribution < 1.29 is 22.7 Å². The molecule has 0 aromatic heterocycles. The number of allylic oxidation sites excluding steroid dienone is 2. The molecule has 0 radical (unpaired) electrons. The topological polar surface area (TPSA) is 25.3 Å². The fourth-order valence-electron chi connectivity index (χ4n) is 6.34. The number of hydrogen-bond donors (Lipinski definition) is 0. The summed E-state index contributed by atoms with van der Waals surface area (Å²) >= 11 is 1.07. The predicted octanol–water partition coefficient (Wildman–Crippen LogP) is 15.4. The van der Waals surface area contributed by atoms with Crippen LogP contribution in [0.2, 0.25) is 9.79 Å². The van der Waals surface area contributed by atoms with Crippen molar-refractivity contribution in [3.8, 4) is 0 Å². The first-order valence-corrected chi connectivity index (χ1v) is 22.3. The molecule has 1 aliphatic heterocycles. The number of rotatable bonds is 25. The van der Waals surface area contributed by atoms with Crippen LogP contribution in [-0.2, 0) is 30.8 Å². The molecule has 0 amide bonds. The second kappa shape index (κ2) is 27.0. The number of hydrogen-bond acceptors (Lipinski definition) is 0. The molecule has 48 heavy (non-hydrogen) atoms. The van der Waals surface area contributed by atoms with Gasteiger partial charge in [0.2, 0.25) is 11.4 Å². The Bertz CT molecular complexity index is 1200. The number of unbranched alkanes of at least 4 members (excludes halogenated alkanes) is 11. The summed E-state index contributed by atoms with van der Waals surface area (Å²) in [6.07, 6.45) is 26.1. The molecule has 1 heterocycles. The Morgan fingerprint density at radius 2 is 0.938 bits per heavy atom. The number of nitrogens with zero attached hydrogens (tertiary/aromatic N) is 2. The first-order chi connectivity index (χ1) is 23.6. The summed E-state index contributed by atoms with van der Waals surface area (Å²) in [5.41, 5.74) is 21.8. The monoisotopic (exact) mass is 746 g/mol. The second-order valence-corrected chi connectivity index (χ2v) is 16.1. The van der Waals surface area contributed by atoms with Crippen molar-refractivity contribution in [1.29, 1.82) is 0 Å². The molecule has 0 unspecified atom stereocenters. The van der Waals surface area contributed by atoms with Gasteiger partial charge < -0.3 is 5.53 Å². The van der Waals surface area contributed by atoms with Crippen LogP contribution >= 0.6 is 0 Å². The van der Waals surface area contributed by atoms with Crippen LogP contribution < -0.4 is 0 Å². The molecule has 0 fully saturated rings. The Balaban J connectivity index is 0.000000778. The van der Waals surface area contributed by atoms with Crippen molar-refractivity contribution in [2.24, 2.45) is 0 Å². The van der Waals surface area contributed by atoms with Gasteiger partial charge >= 0.3 is 67.3 Å². The van der Waals surface area contributed by atoms with Crippen LogP contribution in [0.25, 0.3) is 16.9 Å². The van der Waals surface area contributed by atoms with Gasteiger partial charge in [-0.2, -0.15) is 0 Å². The van der Waals surface area contributed by atoms with Crippen molar-refractivity contribution in [3.63, 3.8) is 0 Å². The Kier molecular flexibility index (Phi) is 23.8. The average molecular weight is 748 g/mol. The molecule has 2 aromatic rings. The van der Waals surface area contributed by atoms with E-state index >= 15 is 0 Å². The third-order valence-corrected chi connectivity index (χ3v) is 11.6. The van der Waals surface area contributed by atoms with Gasteiger partial charge in [0.25, 0.3) is 0 Å². The van der Waals surface area contributed by atoms with E-state index in [-0.39, 0.29) is 0 Å². The molecule has 3 rings (SSSR count). The van der Waals surface area contributed by atoms with Crippen LogP contribution in [0.3, 0.4) is 0 Å². The van der Waals surface area contributed by atoms with Crippen molar-refractivity contribution in [3.05, 3.63) is 87.5 Å². The quantitative estimate of drug-likeness (QED) is 0.0549. The van der Waals surface area contributed by atoms with Gasteiger partial charge in [-0.1, -0.05) is 110 Å². The minimum atomic E-state index is 1.02. The molecule has 2 aromatic carbocycles. The van der Waals surface area contributed by atoms with Gasteiger partial charge in [0.1, 0.15) is 0 Å². The molecular weight excluding hydrogens is 675 g/mol. The summed E-state index contributed by atoms with van der Waals surface area (Å²) < 4.78 is 1.56. The van der Waals surface area contributed by atoms with E-state index in [1.807, 2.05) is 0 Å². The van der Waals surface area contributed by atoms with E-state index in [0.717, 1.165) is 66.2 Å². The van der Waals surface area contributed by atoms with E-state index in [2.05, 4.69) is 90.1 Å². The van der Waals surface area contributed by atoms with Crippen LogP contribution in [0.5, 0.6) is 0 Å². The van der Waals surface area contributed by atoms with Gasteiger partial charge in [-0.15, -0.1) is 0 Å².